The van der Waals surface area contributed by atoms with Crippen LogP contribution in [-0.4, -0.2) is 35.1 Å². The highest BCUT2D eigenvalue weighted by Gasteiger charge is 2.50. The SMILES string of the molecule is COC(=O)C1C(=O)c2cnc(SC)nc2C1C1CCCC1. The molecule has 1 aromatic rings. The Morgan fingerprint density at radius 3 is 2.71 bits per heavy atom. The summed E-state index contributed by atoms with van der Waals surface area (Å²) in [6.07, 6.45) is 7.87. The van der Waals surface area contributed by atoms with Crippen molar-refractivity contribution in [2.75, 3.05) is 13.4 Å². The summed E-state index contributed by atoms with van der Waals surface area (Å²) in [5.41, 5.74) is 1.25. The van der Waals surface area contributed by atoms with E-state index >= 15 is 0 Å². The molecule has 0 N–H and O–H groups in total. The van der Waals surface area contributed by atoms with Crippen LogP contribution in [0.25, 0.3) is 0 Å². The zero-order valence-corrected chi connectivity index (χ0v) is 13.0. The maximum absolute atomic E-state index is 12.6. The molecule has 1 fully saturated rings. The number of esters is 1. The molecule has 0 aliphatic heterocycles. The van der Waals surface area contributed by atoms with Crippen molar-refractivity contribution in [3.8, 4) is 0 Å². The average molecular weight is 306 g/mol. The maximum Gasteiger partial charge on any atom is 0.317 e. The van der Waals surface area contributed by atoms with E-state index in [0.717, 1.165) is 31.4 Å². The second kappa shape index (κ2) is 5.75. The van der Waals surface area contributed by atoms with Crippen molar-refractivity contribution in [1.82, 2.24) is 9.97 Å². The van der Waals surface area contributed by atoms with Crippen LogP contribution in [-0.2, 0) is 9.53 Å². The molecule has 112 valence electrons. The molecule has 0 bridgehead atoms. The van der Waals surface area contributed by atoms with Gasteiger partial charge in [0.15, 0.2) is 10.9 Å². The molecule has 5 nitrogen and oxygen atoms in total. The number of aromatic nitrogens is 2. The van der Waals surface area contributed by atoms with Gasteiger partial charge in [-0.3, -0.25) is 9.59 Å². The van der Waals surface area contributed by atoms with Crippen molar-refractivity contribution in [3.05, 3.63) is 17.5 Å². The van der Waals surface area contributed by atoms with Gasteiger partial charge in [-0.1, -0.05) is 24.6 Å². The van der Waals surface area contributed by atoms with Gasteiger partial charge in [0, 0.05) is 12.1 Å². The van der Waals surface area contributed by atoms with Gasteiger partial charge >= 0.3 is 5.97 Å². The zero-order valence-electron chi connectivity index (χ0n) is 12.2. The van der Waals surface area contributed by atoms with Gasteiger partial charge in [-0.25, -0.2) is 9.97 Å². The quantitative estimate of drug-likeness (QED) is 0.370. The van der Waals surface area contributed by atoms with Crippen LogP contribution in [0.1, 0.15) is 47.7 Å². The van der Waals surface area contributed by atoms with E-state index in [1.165, 1.54) is 18.9 Å². The van der Waals surface area contributed by atoms with Crippen molar-refractivity contribution in [1.29, 1.82) is 0 Å². The molecular formula is C15H18N2O3S. The predicted octanol–water partition coefficient (Wildman–Crippen LogP) is 2.46. The molecular weight excluding hydrogens is 288 g/mol. The number of nitrogens with zero attached hydrogens (tertiary/aromatic N) is 2. The Morgan fingerprint density at radius 1 is 1.38 bits per heavy atom. The first-order valence-electron chi connectivity index (χ1n) is 7.20. The van der Waals surface area contributed by atoms with Crippen LogP contribution in [0, 0.1) is 11.8 Å². The summed E-state index contributed by atoms with van der Waals surface area (Å²) in [5, 5.41) is 0.648. The summed E-state index contributed by atoms with van der Waals surface area (Å²) in [4.78, 5) is 33.4. The molecule has 2 unspecified atom stereocenters. The van der Waals surface area contributed by atoms with Crippen LogP contribution in [0.15, 0.2) is 11.4 Å². The summed E-state index contributed by atoms with van der Waals surface area (Å²) in [6, 6.07) is 0. The molecule has 2 aliphatic carbocycles. The maximum atomic E-state index is 12.6. The Balaban J connectivity index is 2.07. The van der Waals surface area contributed by atoms with Gasteiger partial charge in [-0.2, -0.15) is 0 Å². The van der Waals surface area contributed by atoms with Crippen LogP contribution in [0.3, 0.4) is 0 Å². The lowest BCUT2D eigenvalue weighted by atomic mass is 9.81. The first kappa shape index (κ1) is 14.5. The Labute approximate surface area is 127 Å². The van der Waals surface area contributed by atoms with E-state index in [9.17, 15) is 9.59 Å². The van der Waals surface area contributed by atoms with Gasteiger partial charge in [0.05, 0.1) is 18.4 Å². The van der Waals surface area contributed by atoms with Crippen molar-refractivity contribution >= 4 is 23.5 Å². The molecule has 0 saturated heterocycles. The number of carbonyl (C=O) groups excluding carboxylic acids is 2. The summed E-state index contributed by atoms with van der Waals surface area (Å²) in [5.74, 6) is -1.17. The van der Waals surface area contributed by atoms with E-state index < -0.39 is 11.9 Å². The monoisotopic (exact) mass is 306 g/mol. The van der Waals surface area contributed by atoms with E-state index in [0.29, 0.717) is 16.6 Å². The van der Waals surface area contributed by atoms with Crippen molar-refractivity contribution in [2.45, 2.75) is 36.8 Å². The molecule has 0 radical (unpaired) electrons. The molecule has 1 heterocycles. The zero-order chi connectivity index (χ0) is 15.0. The lowest BCUT2D eigenvalue weighted by Crippen LogP contribution is -2.28. The number of Topliss-reactive ketones (excluding diaryl/α,β-unsaturated/α-hetero) is 1. The van der Waals surface area contributed by atoms with Gasteiger partial charge in [0.2, 0.25) is 0 Å². The fourth-order valence-electron chi connectivity index (χ4n) is 3.60. The molecule has 2 atom stereocenters. The highest BCUT2D eigenvalue weighted by atomic mass is 32.2. The van der Waals surface area contributed by atoms with Crippen LogP contribution >= 0.6 is 11.8 Å². The summed E-state index contributed by atoms with van der Waals surface area (Å²) < 4.78 is 4.87. The van der Waals surface area contributed by atoms with Gasteiger partial charge < -0.3 is 4.74 Å². The number of hydrogen-bond acceptors (Lipinski definition) is 6. The van der Waals surface area contributed by atoms with Crippen LogP contribution in [0.5, 0.6) is 0 Å². The minimum absolute atomic E-state index is 0.142. The Kier molecular flexibility index (Phi) is 3.97. The van der Waals surface area contributed by atoms with Crippen LogP contribution in [0.4, 0.5) is 0 Å². The molecule has 1 saturated carbocycles. The lowest BCUT2D eigenvalue weighted by Gasteiger charge is -2.22. The minimum Gasteiger partial charge on any atom is -0.468 e. The highest BCUT2D eigenvalue weighted by molar-refractivity contribution is 7.98. The predicted molar refractivity (Wildman–Crippen MR) is 78.3 cm³/mol. The number of fused-ring (bicyclic) bond motifs is 1. The van der Waals surface area contributed by atoms with Gasteiger partial charge in [0.25, 0.3) is 0 Å². The second-order valence-electron chi connectivity index (χ2n) is 5.59. The normalized spacial score (nSPS) is 25.1. The average Bonchev–Trinajstić information content (AvgIpc) is 3.12. The first-order chi connectivity index (χ1) is 10.2. The van der Waals surface area contributed by atoms with Crippen molar-refractivity contribution in [2.24, 2.45) is 11.8 Å². The Morgan fingerprint density at radius 2 is 2.10 bits per heavy atom. The number of rotatable bonds is 3. The van der Waals surface area contributed by atoms with E-state index in [-0.39, 0.29) is 11.7 Å². The molecule has 2 aliphatic rings. The number of hydrogen-bond donors (Lipinski definition) is 0. The summed E-state index contributed by atoms with van der Waals surface area (Å²) in [6.45, 7) is 0. The third kappa shape index (κ3) is 2.35. The Hall–Kier alpha value is -1.43. The standard InChI is InChI=1S/C15H18N2O3S/c1-20-14(19)11-10(8-5-3-4-6-8)12-9(13(11)18)7-16-15(17-12)21-2/h7-8,10-11H,3-6H2,1-2H3. The topological polar surface area (TPSA) is 69.2 Å². The molecule has 0 amide bonds. The molecule has 0 spiro atoms. The van der Waals surface area contributed by atoms with E-state index in [1.54, 1.807) is 6.20 Å². The molecule has 21 heavy (non-hydrogen) atoms. The largest absolute Gasteiger partial charge is 0.468 e. The van der Waals surface area contributed by atoms with E-state index in [1.807, 2.05) is 6.26 Å². The van der Waals surface area contributed by atoms with Crippen molar-refractivity contribution in [3.63, 3.8) is 0 Å². The molecule has 1 aromatic heterocycles. The fourth-order valence-corrected chi connectivity index (χ4v) is 3.95. The van der Waals surface area contributed by atoms with Crippen LogP contribution < -0.4 is 0 Å². The van der Waals surface area contributed by atoms with E-state index in [4.69, 9.17) is 4.74 Å². The van der Waals surface area contributed by atoms with E-state index in [2.05, 4.69) is 9.97 Å². The third-order valence-electron chi connectivity index (χ3n) is 4.56. The molecule has 0 aromatic carbocycles. The Bertz CT molecular complexity index is 584. The third-order valence-corrected chi connectivity index (χ3v) is 5.13. The molecule has 3 rings (SSSR count). The van der Waals surface area contributed by atoms with Gasteiger partial charge in [0.1, 0.15) is 5.92 Å². The summed E-state index contributed by atoms with van der Waals surface area (Å²) >= 11 is 1.45. The van der Waals surface area contributed by atoms with Gasteiger partial charge in [-0.15, -0.1) is 0 Å². The number of thioether (sulfide) groups is 1. The first-order valence-corrected chi connectivity index (χ1v) is 8.42. The molecule has 6 heteroatoms. The minimum atomic E-state index is -0.737. The number of carbonyl (C=O) groups is 2. The smallest absolute Gasteiger partial charge is 0.317 e. The fraction of sp³-hybridized carbons (Fsp3) is 0.600. The summed E-state index contributed by atoms with van der Waals surface area (Å²) in [7, 11) is 1.34. The lowest BCUT2D eigenvalue weighted by molar-refractivity contribution is -0.144. The number of ether oxygens (including phenoxy) is 1. The number of ketones is 1. The van der Waals surface area contributed by atoms with Crippen LogP contribution in [0.2, 0.25) is 0 Å². The highest BCUT2D eigenvalue weighted by Crippen LogP contribution is 2.47. The van der Waals surface area contributed by atoms with Crippen molar-refractivity contribution < 1.29 is 14.3 Å². The number of methoxy groups -OCH3 is 1. The second-order valence-corrected chi connectivity index (χ2v) is 6.36. The van der Waals surface area contributed by atoms with Gasteiger partial charge in [-0.05, 0) is 25.0 Å².